The molecule has 0 bridgehead atoms. The minimum absolute atomic E-state index is 0.215. The average molecular weight is 276 g/mol. The molecule has 5 nitrogen and oxygen atoms in total. The van der Waals surface area contributed by atoms with Gasteiger partial charge in [0.1, 0.15) is 12.4 Å². The minimum atomic E-state index is -0.215. The van der Waals surface area contributed by atoms with Crippen molar-refractivity contribution in [3.05, 3.63) is 47.4 Å². The summed E-state index contributed by atoms with van der Waals surface area (Å²) in [5.74, 6) is 1.74. The van der Waals surface area contributed by atoms with Gasteiger partial charge in [-0.1, -0.05) is 0 Å². The van der Waals surface area contributed by atoms with E-state index in [1.165, 1.54) is 7.11 Å². The smallest absolute Gasteiger partial charge is 0.228 e. The number of ketones is 1. The van der Waals surface area contributed by atoms with Gasteiger partial charge in [-0.25, -0.2) is 0 Å². The van der Waals surface area contributed by atoms with Gasteiger partial charge in [0.15, 0.2) is 17.3 Å². The molecule has 2 aromatic rings. The highest BCUT2D eigenvalue weighted by atomic mass is 16.5. The molecular formula is C15H16O5. The number of methoxy groups -OCH3 is 3. The van der Waals surface area contributed by atoms with Crippen LogP contribution in [0.5, 0.6) is 11.5 Å². The molecule has 0 atom stereocenters. The van der Waals surface area contributed by atoms with Crippen LogP contribution in [-0.4, -0.2) is 27.1 Å². The highest BCUT2D eigenvalue weighted by molar-refractivity contribution is 6.07. The molecule has 0 spiro atoms. The monoisotopic (exact) mass is 276 g/mol. The summed E-state index contributed by atoms with van der Waals surface area (Å²) >= 11 is 0. The largest absolute Gasteiger partial charge is 0.493 e. The lowest BCUT2D eigenvalue weighted by Crippen LogP contribution is -2.01. The first-order valence-electron chi connectivity index (χ1n) is 6.04. The van der Waals surface area contributed by atoms with Crippen LogP contribution in [0.4, 0.5) is 0 Å². The Morgan fingerprint density at radius 3 is 2.45 bits per heavy atom. The van der Waals surface area contributed by atoms with Gasteiger partial charge in [-0.2, -0.15) is 0 Å². The first kappa shape index (κ1) is 14.1. The average Bonchev–Trinajstić information content (AvgIpc) is 2.94. The van der Waals surface area contributed by atoms with Crippen LogP contribution in [-0.2, 0) is 11.3 Å². The molecule has 0 aliphatic heterocycles. The van der Waals surface area contributed by atoms with E-state index < -0.39 is 0 Å². The van der Waals surface area contributed by atoms with Crippen LogP contribution in [0.2, 0.25) is 0 Å². The summed E-state index contributed by atoms with van der Waals surface area (Å²) in [4.78, 5) is 12.3. The maximum absolute atomic E-state index is 12.3. The molecule has 106 valence electrons. The van der Waals surface area contributed by atoms with Crippen molar-refractivity contribution in [2.45, 2.75) is 6.61 Å². The van der Waals surface area contributed by atoms with E-state index in [0.29, 0.717) is 29.4 Å². The molecule has 0 saturated carbocycles. The van der Waals surface area contributed by atoms with Crippen LogP contribution in [0.25, 0.3) is 0 Å². The summed E-state index contributed by atoms with van der Waals surface area (Å²) in [6.45, 7) is 0.333. The molecule has 0 amide bonds. The third kappa shape index (κ3) is 2.83. The van der Waals surface area contributed by atoms with E-state index in [1.54, 1.807) is 44.6 Å². The molecule has 0 saturated heterocycles. The second kappa shape index (κ2) is 6.25. The zero-order valence-corrected chi connectivity index (χ0v) is 11.6. The topological polar surface area (TPSA) is 57.9 Å². The normalized spacial score (nSPS) is 10.3. The Kier molecular flexibility index (Phi) is 4.42. The zero-order chi connectivity index (χ0) is 14.5. The number of benzene rings is 1. The summed E-state index contributed by atoms with van der Waals surface area (Å²) in [6.07, 6.45) is 0. The van der Waals surface area contributed by atoms with Gasteiger partial charge in [-0.05, 0) is 30.3 Å². The third-order valence-electron chi connectivity index (χ3n) is 2.82. The number of rotatable bonds is 6. The SMILES string of the molecule is COCc1ccc(C(=O)c2ccc(OC)c(OC)c2)o1. The van der Waals surface area contributed by atoms with Crippen LogP contribution >= 0.6 is 0 Å². The maximum Gasteiger partial charge on any atom is 0.228 e. The van der Waals surface area contributed by atoms with Crippen molar-refractivity contribution in [1.29, 1.82) is 0 Å². The summed E-state index contributed by atoms with van der Waals surface area (Å²) < 4.78 is 20.7. The van der Waals surface area contributed by atoms with Crippen molar-refractivity contribution in [2.24, 2.45) is 0 Å². The van der Waals surface area contributed by atoms with Gasteiger partial charge < -0.3 is 18.6 Å². The molecule has 0 aliphatic rings. The predicted molar refractivity (Wildman–Crippen MR) is 72.4 cm³/mol. The van der Waals surface area contributed by atoms with Gasteiger partial charge in [-0.15, -0.1) is 0 Å². The van der Waals surface area contributed by atoms with E-state index in [-0.39, 0.29) is 11.5 Å². The van der Waals surface area contributed by atoms with Crippen LogP contribution in [0, 0.1) is 0 Å². The number of hydrogen-bond donors (Lipinski definition) is 0. The fourth-order valence-corrected chi connectivity index (χ4v) is 1.84. The number of carbonyl (C=O) groups is 1. The molecule has 2 rings (SSSR count). The molecule has 20 heavy (non-hydrogen) atoms. The van der Waals surface area contributed by atoms with Crippen molar-refractivity contribution in [2.75, 3.05) is 21.3 Å². The lowest BCUT2D eigenvalue weighted by atomic mass is 10.1. The first-order chi connectivity index (χ1) is 9.69. The van der Waals surface area contributed by atoms with Crippen LogP contribution in [0.3, 0.4) is 0 Å². The molecular weight excluding hydrogens is 260 g/mol. The van der Waals surface area contributed by atoms with Crippen molar-refractivity contribution >= 4 is 5.78 Å². The lowest BCUT2D eigenvalue weighted by molar-refractivity contribution is 0.0999. The zero-order valence-electron chi connectivity index (χ0n) is 11.6. The number of hydrogen-bond acceptors (Lipinski definition) is 5. The highest BCUT2D eigenvalue weighted by Gasteiger charge is 2.16. The Morgan fingerprint density at radius 1 is 1.05 bits per heavy atom. The summed E-state index contributed by atoms with van der Waals surface area (Å²) in [6, 6.07) is 8.33. The van der Waals surface area contributed by atoms with Crippen LogP contribution < -0.4 is 9.47 Å². The van der Waals surface area contributed by atoms with Crippen LogP contribution in [0.15, 0.2) is 34.7 Å². The second-order valence-electron chi connectivity index (χ2n) is 4.10. The van der Waals surface area contributed by atoms with Gasteiger partial charge in [-0.3, -0.25) is 4.79 Å². The van der Waals surface area contributed by atoms with Gasteiger partial charge in [0.2, 0.25) is 5.78 Å². The molecule has 0 N–H and O–H groups in total. The quantitative estimate of drug-likeness (QED) is 0.759. The van der Waals surface area contributed by atoms with E-state index in [0.717, 1.165) is 0 Å². The molecule has 1 heterocycles. The van der Waals surface area contributed by atoms with Crippen molar-refractivity contribution in [3.8, 4) is 11.5 Å². The van der Waals surface area contributed by atoms with E-state index >= 15 is 0 Å². The predicted octanol–water partition coefficient (Wildman–Crippen LogP) is 2.67. The molecule has 5 heteroatoms. The van der Waals surface area contributed by atoms with E-state index in [9.17, 15) is 4.79 Å². The van der Waals surface area contributed by atoms with Crippen molar-refractivity contribution in [1.82, 2.24) is 0 Å². The van der Waals surface area contributed by atoms with Gasteiger partial charge >= 0.3 is 0 Å². The van der Waals surface area contributed by atoms with Gasteiger partial charge in [0, 0.05) is 12.7 Å². The fraction of sp³-hybridized carbons (Fsp3) is 0.267. The fourth-order valence-electron chi connectivity index (χ4n) is 1.84. The molecule has 0 unspecified atom stereocenters. The maximum atomic E-state index is 12.3. The Balaban J connectivity index is 2.27. The second-order valence-corrected chi connectivity index (χ2v) is 4.10. The lowest BCUT2D eigenvalue weighted by Gasteiger charge is -2.08. The van der Waals surface area contributed by atoms with Gasteiger partial charge in [0.05, 0.1) is 14.2 Å². The first-order valence-corrected chi connectivity index (χ1v) is 6.04. The number of furan rings is 1. The highest BCUT2D eigenvalue weighted by Crippen LogP contribution is 2.28. The number of carbonyl (C=O) groups excluding carboxylic acids is 1. The van der Waals surface area contributed by atoms with Crippen molar-refractivity contribution in [3.63, 3.8) is 0 Å². The van der Waals surface area contributed by atoms with Gasteiger partial charge in [0.25, 0.3) is 0 Å². The van der Waals surface area contributed by atoms with E-state index in [2.05, 4.69) is 0 Å². The molecule has 1 aromatic carbocycles. The van der Waals surface area contributed by atoms with Crippen LogP contribution in [0.1, 0.15) is 21.9 Å². The summed E-state index contributed by atoms with van der Waals surface area (Å²) in [5.41, 5.74) is 0.473. The molecule has 0 fully saturated rings. The van der Waals surface area contributed by atoms with E-state index in [1.807, 2.05) is 0 Å². The number of ether oxygens (including phenoxy) is 3. The molecule has 0 aliphatic carbocycles. The Labute approximate surface area is 117 Å². The summed E-state index contributed by atoms with van der Waals surface area (Å²) in [5, 5.41) is 0. The Hall–Kier alpha value is -2.27. The standard InChI is InChI=1S/C15H16O5/c1-17-9-11-5-7-13(20-11)15(16)10-4-6-12(18-2)14(8-10)19-3/h4-8H,9H2,1-3H3. The molecule has 1 aromatic heterocycles. The van der Waals surface area contributed by atoms with Crippen molar-refractivity contribution < 1.29 is 23.4 Å². The Morgan fingerprint density at radius 2 is 1.80 bits per heavy atom. The molecule has 0 radical (unpaired) electrons. The third-order valence-corrected chi connectivity index (χ3v) is 2.82. The minimum Gasteiger partial charge on any atom is -0.493 e. The summed E-state index contributed by atoms with van der Waals surface area (Å²) in [7, 11) is 4.64. The van der Waals surface area contributed by atoms with E-state index in [4.69, 9.17) is 18.6 Å². The Bertz CT molecular complexity index is 600.